The first-order valence-electron chi connectivity index (χ1n) is 6.45. The molecule has 1 aromatic rings. The van der Waals surface area contributed by atoms with Crippen molar-refractivity contribution >= 4 is 5.91 Å². The van der Waals surface area contributed by atoms with Gasteiger partial charge in [0.05, 0.1) is 6.54 Å². The fraction of sp³-hybridized carbons (Fsp3) is 0.235. The van der Waals surface area contributed by atoms with Crippen LogP contribution in [0.25, 0.3) is 0 Å². The molecule has 0 aliphatic carbocycles. The molecule has 1 N–H and O–H groups in total. The van der Waals surface area contributed by atoms with Crippen LogP contribution in [0, 0.1) is 11.8 Å². The normalized spacial score (nSPS) is 9.65. The van der Waals surface area contributed by atoms with Crippen LogP contribution < -0.4 is 10.1 Å². The molecule has 0 aromatic heterocycles. The van der Waals surface area contributed by atoms with Gasteiger partial charge in [-0.05, 0) is 31.1 Å². The van der Waals surface area contributed by atoms with E-state index in [0.717, 1.165) is 17.7 Å². The maximum absolute atomic E-state index is 11.1. The Balaban J connectivity index is 2.38. The average Bonchev–Trinajstić information content (AvgIpc) is 2.45. The number of ether oxygens (including phenoxy) is 1. The molecule has 0 radical (unpaired) electrons. The molecule has 1 amide bonds. The topological polar surface area (TPSA) is 38.3 Å². The maximum atomic E-state index is 11.1. The standard InChI is InChI=1S/C17H19NO2/c1-3-9-15-11-5-6-12-16(15)20-14-8-7-13-18-17(19)10-4-2/h3-6,10-12H,1,9,13-14H2,2H3,(H,18,19)/b10-4+. The summed E-state index contributed by atoms with van der Waals surface area (Å²) in [5.41, 5.74) is 1.09. The van der Waals surface area contributed by atoms with Crippen molar-refractivity contribution in [3.8, 4) is 17.6 Å². The van der Waals surface area contributed by atoms with E-state index in [0.29, 0.717) is 13.2 Å². The van der Waals surface area contributed by atoms with Crippen molar-refractivity contribution in [2.24, 2.45) is 0 Å². The molecule has 0 saturated carbocycles. The highest BCUT2D eigenvalue weighted by Crippen LogP contribution is 2.18. The highest BCUT2D eigenvalue weighted by molar-refractivity contribution is 5.87. The first-order valence-corrected chi connectivity index (χ1v) is 6.45. The lowest BCUT2D eigenvalue weighted by Crippen LogP contribution is -2.21. The number of hydrogen-bond acceptors (Lipinski definition) is 2. The molecule has 0 aliphatic rings. The number of benzene rings is 1. The Bertz CT molecular complexity index is 535. The van der Waals surface area contributed by atoms with E-state index in [1.54, 1.807) is 13.0 Å². The minimum absolute atomic E-state index is 0.140. The molecule has 3 heteroatoms. The summed E-state index contributed by atoms with van der Waals surface area (Å²) in [6.07, 6.45) is 5.75. The Labute approximate surface area is 120 Å². The first-order chi connectivity index (χ1) is 9.77. The number of allylic oxidation sites excluding steroid dienone is 2. The van der Waals surface area contributed by atoms with Crippen LogP contribution in [-0.4, -0.2) is 19.1 Å². The zero-order valence-electron chi connectivity index (χ0n) is 11.7. The van der Waals surface area contributed by atoms with Gasteiger partial charge < -0.3 is 10.1 Å². The van der Waals surface area contributed by atoms with Crippen molar-refractivity contribution < 1.29 is 9.53 Å². The van der Waals surface area contributed by atoms with Gasteiger partial charge in [0.25, 0.3) is 0 Å². The van der Waals surface area contributed by atoms with Gasteiger partial charge in [0.15, 0.2) is 0 Å². The largest absolute Gasteiger partial charge is 0.481 e. The van der Waals surface area contributed by atoms with Gasteiger partial charge in [-0.15, -0.1) is 6.58 Å². The summed E-state index contributed by atoms with van der Waals surface area (Å²) in [6.45, 7) is 6.13. The Morgan fingerprint density at radius 2 is 2.20 bits per heavy atom. The molecule has 0 heterocycles. The van der Waals surface area contributed by atoms with Crippen LogP contribution in [0.4, 0.5) is 0 Å². The lowest BCUT2D eigenvalue weighted by atomic mass is 10.1. The Morgan fingerprint density at radius 3 is 2.95 bits per heavy atom. The van der Waals surface area contributed by atoms with Crippen LogP contribution in [0.1, 0.15) is 12.5 Å². The van der Waals surface area contributed by atoms with E-state index in [4.69, 9.17) is 4.74 Å². The quantitative estimate of drug-likeness (QED) is 0.489. The van der Waals surface area contributed by atoms with Gasteiger partial charge >= 0.3 is 0 Å². The first kappa shape index (κ1) is 15.6. The molecule has 0 aliphatic heterocycles. The summed E-state index contributed by atoms with van der Waals surface area (Å²) in [6, 6.07) is 7.80. The van der Waals surface area contributed by atoms with Crippen molar-refractivity contribution in [1.82, 2.24) is 5.32 Å². The second kappa shape index (κ2) is 9.46. The fourth-order valence-electron chi connectivity index (χ4n) is 1.54. The molecule has 0 bridgehead atoms. The van der Waals surface area contributed by atoms with Crippen LogP contribution in [0.3, 0.4) is 0 Å². The second-order valence-corrected chi connectivity index (χ2v) is 3.96. The molecule has 104 valence electrons. The number of carbonyl (C=O) groups is 1. The fourth-order valence-corrected chi connectivity index (χ4v) is 1.54. The van der Waals surface area contributed by atoms with Crippen LogP contribution >= 0.6 is 0 Å². The lowest BCUT2D eigenvalue weighted by Gasteiger charge is -2.07. The Hall–Kier alpha value is -2.47. The molecule has 0 unspecified atom stereocenters. The number of carbonyl (C=O) groups excluding carboxylic acids is 1. The number of amides is 1. The highest BCUT2D eigenvalue weighted by atomic mass is 16.5. The summed E-state index contributed by atoms with van der Waals surface area (Å²) in [4.78, 5) is 11.1. The van der Waals surface area contributed by atoms with E-state index in [-0.39, 0.29) is 5.91 Å². The predicted octanol–water partition coefficient (Wildman–Crippen LogP) is 2.49. The van der Waals surface area contributed by atoms with Gasteiger partial charge in [0.2, 0.25) is 5.91 Å². The zero-order valence-corrected chi connectivity index (χ0v) is 11.7. The van der Waals surface area contributed by atoms with Crippen molar-refractivity contribution in [2.75, 3.05) is 13.2 Å². The molecule has 20 heavy (non-hydrogen) atoms. The van der Waals surface area contributed by atoms with Gasteiger partial charge in [-0.2, -0.15) is 0 Å². The molecule has 0 spiro atoms. The minimum Gasteiger partial charge on any atom is -0.481 e. The van der Waals surface area contributed by atoms with Gasteiger partial charge in [-0.3, -0.25) is 4.79 Å². The van der Waals surface area contributed by atoms with Crippen molar-refractivity contribution in [3.05, 3.63) is 54.6 Å². The van der Waals surface area contributed by atoms with Crippen molar-refractivity contribution in [2.45, 2.75) is 13.3 Å². The van der Waals surface area contributed by atoms with Crippen LogP contribution in [0.2, 0.25) is 0 Å². The molecule has 0 atom stereocenters. The molecule has 3 nitrogen and oxygen atoms in total. The van der Waals surface area contributed by atoms with Crippen LogP contribution in [0.15, 0.2) is 49.1 Å². The lowest BCUT2D eigenvalue weighted by molar-refractivity contribution is -0.116. The Kier molecular flexibility index (Phi) is 7.37. The predicted molar refractivity (Wildman–Crippen MR) is 81.4 cm³/mol. The van der Waals surface area contributed by atoms with Gasteiger partial charge in [0.1, 0.15) is 12.4 Å². The molecule has 1 rings (SSSR count). The van der Waals surface area contributed by atoms with E-state index in [9.17, 15) is 4.79 Å². The monoisotopic (exact) mass is 269 g/mol. The maximum Gasteiger partial charge on any atom is 0.244 e. The van der Waals surface area contributed by atoms with Gasteiger partial charge in [-0.1, -0.05) is 42.2 Å². The summed E-state index contributed by atoms with van der Waals surface area (Å²) >= 11 is 0. The highest BCUT2D eigenvalue weighted by Gasteiger charge is 1.99. The molecule has 1 aromatic carbocycles. The van der Waals surface area contributed by atoms with Gasteiger partial charge in [-0.25, -0.2) is 0 Å². The van der Waals surface area contributed by atoms with E-state index >= 15 is 0 Å². The molecule has 0 saturated heterocycles. The number of nitrogens with one attached hydrogen (secondary N) is 1. The third kappa shape index (κ3) is 5.92. The molecule has 0 fully saturated rings. The van der Waals surface area contributed by atoms with E-state index < -0.39 is 0 Å². The van der Waals surface area contributed by atoms with Gasteiger partial charge in [0, 0.05) is 0 Å². The SMILES string of the molecule is C=CCc1ccccc1OCC#CCNC(=O)/C=C/C. The van der Waals surface area contributed by atoms with E-state index in [1.807, 2.05) is 30.3 Å². The smallest absolute Gasteiger partial charge is 0.244 e. The van der Waals surface area contributed by atoms with E-state index in [2.05, 4.69) is 23.7 Å². The summed E-state index contributed by atoms with van der Waals surface area (Å²) in [7, 11) is 0. The van der Waals surface area contributed by atoms with Crippen molar-refractivity contribution in [1.29, 1.82) is 0 Å². The zero-order chi connectivity index (χ0) is 14.6. The minimum atomic E-state index is -0.140. The third-order valence-electron chi connectivity index (χ3n) is 2.43. The summed E-state index contributed by atoms with van der Waals surface area (Å²) in [5, 5.41) is 2.65. The van der Waals surface area contributed by atoms with Crippen LogP contribution in [0.5, 0.6) is 5.75 Å². The van der Waals surface area contributed by atoms with Crippen molar-refractivity contribution in [3.63, 3.8) is 0 Å². The average molecular weight is 269 g/mol. The molecular formula is C17H19NO2. The summed E-state index contributed by atoms with van der Waals surface area (Å²) < 4.78 is 5.60. The third-order valence-corrected chi connectivity index (χ3v) is 2.43. The number of para-hydroxylation sites is 1. The van der Waals surface area contributed by atoms with E-state index in [1.165, 1.54) is 6.08 Å². The number of hydrogen-bond donors (Lipinski definition) is 1. The number of rotatable bonds is 6. The second-order valence-electron chi connectivity index (χ2n) is 3.96. The Morgan fingerprint density at radius 1 is 1.40 bits per heavy atom. The molecular weight excluding hydrogens is 250 g/mol. The van der Waals surface area contributed by atoms with Crippen LogP contribution in [-0.2, 0) is 11.2 Å². The summed E-state index contributed by atoms with van der Waals surface area (Å²) in [5.74, 6) is 6.38.